The lowest BCUT2D eigenvalue weighted by molar-refractivity contribution is -0.149. The van der Waals surface area contributed by atoms with Crippen LogP contribution in [0.5, 0.6) is 0 Å². The Balaban J connectivity index is 1.94. The molecule has 2 heteroatoms. The van der Waals surface area contributed by atoms with Crippen LogP contribution in [-0.2, 0) is 9.53 Å². The lowest BCUT2D eigenvalue weighted by atomic mass is 9.89. The molecule has 0 aromatic rings. The first-order chi connectivity index (χ1) is 5.66. The van der Waals surface area contributed by atoms with Crippen molar-refractivity contribution in [3.63, 3.8) is 0 Å². The Morgan fingerprint density at radius 1 is 1.25 bits per heavy atom. The minimum absolute atomic E-state index is 0.111. The minimum Gasteiger partial charge on any atom is -0.462 e. The second-order valence-corrected chi connectivity index (χ2v) is 4.35. The zero-order valence-corrected chi connectivity index (χ0v) is 7.75. The molecule has 0 heterocycles. The predicted molar refractivity (Wildman–Crippen MR) is 45.5 cm³/mol. The Kier molecular flexibility index (Phi) is 1.85. The Morgan fingerprint density at radius 2 is 2.00 bits per heavy atom. The SMILES string of the molecule is CC(=O)O[C@@H]1C[C@@H]2C[C@H]1C[C@H]2C. The molecule has 0 aromatic heterocycles. The molecule has 4 atom stereocenters. The molecule has 0 saturated heterocycles. The van der Waals surface area contributed by atoms with Gasteiger partial charge in [-0.15, -0.1) is 0 Å². The van der Waals surface area contributed by atoms with Crippen LogP contribution in [0.2, 0.25) is 0 Å². The first-order valence-corrected chi connectivity index (χ1v) is 4.84. The van der Waals surface area contributed by atoms with Crippen LogP contribution in [0.1, 0.15) is 33.1 Å². The van der Waals surface area contributed by atoms with E-state index in [1.54, 1.807) is 0 Å². The van der Waals surface area contributed by atoms with E-state index >= 15 is 0 Å². The van der Waals surface area contributed by atoms with Crippen molar-refractivity contribution in [1.29, 1.82) is 0 Å². The van der Waals surface area contributed by atoms with E-state index < -0.39 is 0 Å². The summed E-state index contributed by atoms with van der Waals surface area (Å²) < 4.78 is 5.25. The quantitative estimate of drug-likeness (QED) is 0.560. The summed E-state index contributed by atoms with van der Waals surface area (Å²) >= 11 is 0. The largest absolute Gasteiger partial charge is 0.462 e. The third kappa shape index (κ3) is 1.23. The maximum atomic E-state index is 10.7. The van der Waals surface area contributed by atoms with Gasteiger partial charge in [-0.1, -0.05) is 6.92 Å². The second-order valence-electron chi connectivity index (χ2n) is 4.35. The number of hydrogen-bond donors (Lipinski definition) is 0. The molecular weight excluding hydrogens is 152 g/mol. The van der Waals surface area contributed by atoms with Crippen LogP contribution < -0.4 is 0 Å². The van der Waals surface area contributed by atoms with Crippen molar-refractivity contribution in [2.24, 2.45) is 17.8 Å². The summed E-state index contributed by atoms with van der Waals surface area (Å²) in [7, 11) is 0. The van der Waals surface area contributed by atoms with Gasteiger partial charge in [-0.2, -0.15) is 0 Å². The average molecular weight is 168 g/mol. The van der Waals surface area contributed by atoms with Gasteiger partial charge in [-0.05, 0) is 37.0 Å². The number of esters is 1. The Bertz CT molecular complexity index is 198. The summed E-state index contributed by atoms with van der Waals surface area (Å²) in [5.41, 5.74) is 0. The van der Waals surface area contributed by atoms with Crippen LogP contribution in [0, 0.1) is 17.8 Å². The molecule has 0 aromatic carbocycles. The summed E-state index contributed by atoms with van der Waals surface area (Å²) in [4.78, 5) is 10.7. The highest BCUT2D eigenvalue weighted by Crippen LogP contribution is 2.49. The average Bonchev–Trinajstić information content (AvgIpc) is 2.44. The van der Waals surface area contributed by atoms with Gasteiger partial charge in [0.05, 0.1) is 0 Å². The summed E-state index contributed by atoms with van der Waals surface area (Å²) in [6.45, 7) is 3.82. The number of carbonyl (C=O) groups excluding carboxylic acids is 1. The lowest BCUT2D eigenvalue weighted by Gasteiger charge is -2.24. The maximum Gasteiger partial charge on any atom is 0.302 e. The molecule has 0 spiro atoms. The highest BCUT2D eigenvalue weighted by atomic mass is 16.5. The predicted octanol–water partition coefficient (Wildman–Crippen LogP) is 1.98. The van der Waals surface area contributed by atoms with Crippen molar-refractivity contribution in [2.75, 3.05) is 0 Å². The van der Waals surface area contributed by atoms with Crippen molar-refractivity contribution >= 4 is 5.97 Å². The van der Waals surface area contributed by atoms with Crippen LogP contribution in [0.4, 0.5) is 0 Å². The van der Waals surface area contributed by atoms with Crippen molar-refractivity contribution in [2.45, 2.75) is 39.2 Å². The van der Waals surface area contributed by atoms with E-state index in [1.165, 1.54) is 19.8 Å². The molecule has 12 heavy (non-hydrogen) atoms. The molecule has 2 fully saturated rings. The van der Waals surface area contributed by atoms with Gasteiger partial charge in [0.15, 0.2) is 0 Å². The third-order valence-electron chi connectivity index (χ3n) is 3.46. The number of carbonyl (C=O) groups is 1. The molecule has 2 aliphatic carbocycles. The highest BCUT2D eigenvalue weighted by molar-refractivity contribution is 5.66. The van der Waals surface area contributed by atoms with Gasteiger partial charge in [0.2, 0.25) is 0 Å². The van der Waals surface area contributed by atoms with E-state index in [2.05, 4.69) is 6.92 Å². The topological polar surface area (TPSA) is 26.3 Å². The number of fused-ring (bicyclic) bond motifs is 2. The normalized spacial score (nSPS) is 44.8. The van der Waals surface area contributed by atoms with Crippen molar-refractivity contribution < 1.29 is 9.53 Å². The monoisotopic (exact) mass is 168 g/mol. The molecule has 0 radical (unpaired) electrons. The van der Waals surface area contributed by atoms with Gasteiger partial charge in [0.1, 0.15) is 6.10 Å². The lowest BCUT2D eigenvalue weighted by Crippen LogP contribution is -2.25. The molecule has 2 aliphatic rings. The summed E-state index contributed by atoms with van der Waals surface area (Å²) in [5.74, 6) is 2.26. The van der Waals surface area contributed by atoms with E-state index in [4.69, 9.17) is 4.74 Å². The molecule has 0 unspecified atom stereocenters. The van der Waals surface area contributed by atoms with E-state index in [0.717, 1.165) is 18.3 Å². The molecule has 68 valence electrons. The van der Waals surface area contributed by atoms with E-state index in [0.29, 0.717) is 5.92 Å². The van der Waals surface area contributed by atoms with Crippen molar-refractivity contribution in [1.82, 2.24) is 0 Å². The Hall–Kier alpha value is -0.530. The van der Waals surface area contributed by atoms with Crippen molar-refractivity contribution in [3.8, 4) is 0 Å². The molecular formula is C10H16O2. The van der Waals surface area contributed by atoms with Crippen LogP contribution in [0.15, 0.2) is 0 Å². The van der Waals surface area contributed by atoms with Gasteiger partial charge in [0, 0.05) is 6.92 Å². The van der Waals surface area contributed by atoms with Gasteiger partial charge in [-0.25, -0.2) is 0 Å². The van der Waals surface area contributed by atoms with Crippen molar-refractivity contribution in [3.05, 3.63) is 0 Å². The maximum absolute atomic E-state index is 10.7. The van der Waals surface area contributed by atoms with Gasteiger partial charge in [0.25, 0.3) is 0 Å². The number of ether oxygens (including phenoxy) is 1. The zero-order chi connectivity index (χ0) is 8.72. The smallest absolute Gasteiger partial charge is 0.302 e. The third-order valence-corrected chi connectivity index (χ3v) is 3.46. The van der Waals surface area contributed by atoms with Crippen LogP contribution in [-0.4, -0.2) is 12.1 Å². The van der Waals surface area contributed by atoms with E-state index in [1.807, 2.05) is 0 Å². The summed E-state index contributed by atoms with van der Waals surface area (Å²) in [6.07, 6.45) is 3.93. The Morgan fingerprint density at radius 3 is 2.42 bits per heavy atom. The second kappa shape index (κ2) is 2.75. The van der Waals surface area contributed by atoms with E-state index in [9.17, 15) is 4.79 Å². The van der Waals surface area contributed by atoms with Gasteiger partial charge < -0.3 is 4.74 Å². The molecule has 0 amide bonds. The van der Waals surface area contributed by atoms with E-state index in [-0.39, 0.29) is 12.1 Å². The van der Waals surface area contributed by atoms with Gasteiger partial charge in [-0.3, -0.25) is 4.79 Å². The van der Waals surface area contributed by atoms with Crippen LogP contribution in [0.3, 0.4) is 0 Å². The minimum atomic E-state index is -0.111. The molecule has 0 N–H and O–H groups in total. The molecule has 2 bridgehead atoms. The first kappa shape index (κ1) is 8.09. The molecule has 2 rings (SSSR count). The fraction of sp³-hybridized carbons (Fsp3) is 0.900. The highest BCUT2D eigenvalue weighted by Gasteiger charge is 2.45. The van der Waals surface area contributed by atoms with Crippen LogP contribution >= 0.6 is 0 Å². The van der Waals surface area contributed by atoms with Crippen LogP contribution in [0.25, 0.3) is 0 Å². The molecule has 2 nitrogen and oxygen atoms in total. The molecule has 2 saturated carbocycles. The Labute approximate surface area is 73.3 Å². The fourth-order valence-electron chi connectivity index (χ4n) is 2.87. The number of hydrogen-bond acceptors (Lipinski definition) is 2. The molecule has 0 aliphatic heterocycles. The number of rotatable bonds is 1. The first-order valence-electron chi connectivity index (χ1n) is 4.84. The summed E-state index contributed by atoms with van der Waals surface area (Å²) in [5, 5.41) is 0. The van der Waals surface area contributed by atoms with Gasteiger partial charge >= 0.3 is 5.97 Å². The summed E-state index contributed by atoms with van der Waals surface area (Å²) in [6, 6.07) is 0. The zero-order valence-electron chi connectivity index (χ0n) is 7.75. The fourth-order valence-corrected chi connectivity index (χ4v) is 2.87. The standard InChI is InChI=1S/C10H16O2/c1-6-3-9-4-8(6)5-10(9)12-7(2)11/h6,8-10H,3-5H2,1-2H3/t6-,8+,9-,10-/m1/s1.